The maximum absolute atomic E-state index is 12.0. The van der Waals surface area contributed by atoms with Crippen molar-refractivity contribution in [2.75, 3.05) is 5.32 Å². The molecule has 0 aliphatic rings. The number of benzene rings is 2. The fourth-order valence-corrected chi connectivity index (χ4v) is 2.59. The first kappa shape index (κ1) is 19.4. The van der Waals surface area contributed by atoms with Crippen LogP contribution in [0.1, 0.15) is 40.7 Å². The van der Waals surface area contributed by atoms with Gasteiger partial charge in [0.1, 0.15) is 0 Å². The maximum atomic E-state index is 12.0. The fraction of sp³-hybridized carbons (Fsp3) is 0.286. The maximum Gasteiger partial charge on any atom is 0.240 e. The van der Waals surface area contributed by atoms with Gasteiger partial charge in [0.25, 0.3) is 0 Å². The molecule has 0 atom stereocenters. The topological polar surface area (TPSA) is 70.6 Å². The minimum Gasteiger partial charge on any atom is -0.326 e. The summed E-state index contributed by atoms with van der Waals surface area (Å²) < 4.78 is 0. The Morgan fingerprint density at radius 1 is 0.885 bits per heavy atom. The molecule has 0 aromatic heterocycles. The molecule has 2 amide bonds. The van der Waals surface area contributed by atoms with Crippen LogP contribution in [0.3, 0.4) is 0 Å². The van der Waals surface area contributed by atoms with Crippen molar-refractivity contribution in [1.82, 2.24) is 5.43 Å². The van der Waals surface area contributed by atoms with E-state index in [-0.39, 0.29) is 24.7 Å². The van der Waals surface area contributed by atoms with E-state index in [2.05, 4.69) is 21.9 Å². The molecular weight excluding hydrogens is 326 g/mol. The SMILES string of the molecule is Cc1ccc(C=NNC(=O)CCC(=O)Nc2ccc(C)cc2C)c(C)c1. The number of hydrogen-bond acceptors (Lipinski definition) is 3. The number of hydrazone groups is 1. The first-order valence-electron chi connectivity index (χ1n) is 8.61. The molecule has 0 saturated heterocycles. The monoisotopic (exact) mass is 351 g/mol. The van der Waals surface area contributed by atoms with Gasteiger partial charge in [0.2, 0.25) is 11.8 Å². The van der Waals surface area contributed by atoms with Crippen LogP contribution in [0.5, 0.6) is 0 Å². The van der Waals surface area contributed by atoms with Crippen LogP contribution in [0.2, 0.25) is 0 Å². The van der Waals surface area contributed by atoms with E-state index < -0.39 is 0 Å². The molecule has 0 bridgehead atoms. The third kappa shape index (κ3) is 5.84. The molecule has 5 nitrogen and oxygen atoms in total. The predicted octanol–water partition coefficient (Wildman–Crippen LogP) is 3.79. The quantitative estimate of drug-likeness (QED) is 0.614. The molecule has 136 valence electrons. The summed E-state index contributed by atoms with van der Waals surface area (Å²) in [6, 6.07) is 11.8. The third-order valence-electron chi connectivity index (χ3n) is 4.05. The summed E-state index contributed by atoms with van der Waals surface area (Å²) in [6.07, 6.45) is 1.81. The number of anilines is 1. The van der Waals surface area contributed by atoms with Gasteiger partial charge in [-0.15, -0.1) is 0 Å². The largest absolute Gasteiger partial charge is 0.326 e. The second kappa shape index (κ2) is 8.94. The van der Waals surface area contributed by atoms with Gasteiger partial charge in [0.15, 0.2) is 0 Å². The number of carbonyl (C=O) groups is 2. The van der Waals surface area contributed by atoms with Gasteiger partial charge in [-0.2, -0.15) is 5.10 Å². The van der Waals surface area contributed by atoms with Gasteiger partial charge in [-0.05, 0) is 50.5 Å². The Balaban J connectivity index is 1.79. The lowest BCUT2D eigenvalue weighted by atomic mass is 10.1. The summed E-state index contributed by atoms with van der Waals surface area (Å²) in [6.45, 7) is 7.96. The molecule has 0 radical (unpaired) electrons. The molecule has 2 rings (SSSR count). The number of aryl methyl sites for hydroxylation is 4. The molecule has 0 spiro atoms. The van der Waals surface area contributed by atoms with Crippen molar-refractivity contribution < 1.29 is 9.59 Å². The molecule has 0 unspecified atom stereocenters. The van der Waals surface area contributed by atoms with Gasteiger partial charge in [-0.1, -0.05) is 41.5 Å². The molecule has 0 saturated carbocycles. The van der Waals surface area contributed by atoms with Crippen molar-refractivity contribution in [3.05, 3.63) is 64.2 Å². The first-order chi connectivity index (χ1) is 12.3. The number of nitrogens with one attached hydrogen (secondary N) is 2. The van der Waals surface area contributed by atoms with Crippen LogP contribution in [-0.4, -0.2) is 18.0 Å². The summed E-state index contributed by atoms with van der Waals surface area (Å²) in [5, 5.41) is 6.79. The molecule has 2 aromatic carbocycles. The van der Waals surface area contributed by atoms with Gasteiger partial charge < -0.3 is 5.32 Å². The van der Waals surface area contributed by atoms with E-state index in [0.29, 0.717) is 0 Å². The summed E-state index contributed by atoms with van der Waals surface area (Å²) in [4.78, 5) is 23.8. The lowest BCUT2D eigenvalue weighted by Gasteiger charge is -2.08. The van der Waals surface area contributed by atoms with Gasteiger partial charge >= 0.3 is 0 Å². The molecule has 2 N–H and O–H groups in total. The highest BCUT2D eigenvalue weighted by Gasteiger charge is 2.08. The van der Waals surface area contributed by atoms with Crippen LogP contribution in [0.4, 0.5) is 5.69 Å². The number of nitrogens with zero attached hydrogens (tertiary/aromatic N) is 1. The van der Waals surface area contributed by atoms with Crippen molar-refractivity contribution in [2.24, 2.45) is 5.10 Å². The summed E-state index contributed by atoms with van der Waals surface area (Å²) >= 11 is 0. The summed E-state index contributed by atoms with van der Waals surface area (Å²) in [7, 11) is 0. The van der Waals surface area contributed by atoms with E-state index in [4.69, 9.17) is 0 Å². The smallest absolute Gasteiger partial charge is 0.240 e. The van der Waals surface area contributed by atoms with Crippen LogP contribution in [0.15, 0.2) is 41.5 Å². The van der Waals surface area contributed by atoms with Crippen LogP contribution in [0, 0.1) is 27.7 Å². The van der Waals surface area contributed by atoms with Gasteiger partial charge in [-0.25, -0.2) is 5.43 Å². The number of carbonyl (C=O) groups excluding carboxylic acids is 2. The third-order valence-corrected chi connectivity index (χ3v) is 4.05. The zero-order chi connectivity index (χ0) is 19.1. The number of rotatable bonds is 6. The van der Waals surface area contributed by atoms with Crippen molar-refractivity contribution in [3.63, 3.8) is 0 Å². The number of amides is 2. The minimum atomic E-state index is -0.290. The zero-order valence-electron chi connectivity index (χ0n) is 15.7. The Bertz CT molecular complexity index is 841. The number of hydrogen-bond donors (Lipinski definition) is 2. The fourth-order valence-electron chi connectivity index (χ4n) is 2.59. The van der Waals surface area contributed by atoms with E-state index >= 15 is 0 Å². The average molecular weight is 351 g/mol. The van der Waals surface area contributed by atoms with Crippen LogP contribution < -0.4 is 10.7 Å². The Hall–Kier alpha value is -2.95. The molecule has 2 aromatic rings. The van der Waals surface area contributed by atoms with Crippen LogP contribution in [0.25, 0.3) is 0 Å². The normalized spacial score (nSPS) is 10.8. The second-order valence-electron chi connectivity index (χ2n) is 6.52. The Kier molecular flexibility index (Phi) is 6.67. The van der Waals surface area contributed by atoms with Gasteiger partial charge in [-0.3, -0.25) is 9.59 Å². The average Bonchev–Trinajstić information content (AvgIpc) is 2.57. The van der Waals surface area contributed by atoms with Crippen LogP contribution in [-0.2, 0) is 9.59 Å². The highest BCUT2D eigenvalue weighted by molar-refractivity contribution is 5.94. The summed E-state index contributed by atoms with van der Waals surface area (Å²) in [5.74, 6) is -0.479. The Labute approximate surface area is 154 Å². The van der Waals surface area contributed by atoms with E-state index in [1.165, 1.54) is 5.56 Å². The van der Waals surface area contributed by atoms with Gasteiger partial charge in [0.05, 0.1) is 6.21 Å². The van der Waals surface area contributed by atoms with Crippen LogP contribution >= 0.6 is 0 Å². The minimum absolute atomic E-state index is 0.0843. The standard InChI is InChI=1S/C21H25N3O2/c1-14-5-7-18(16(3)11-14)13-22-24-21(26)10-9-20(25)23-19-8-6-15(2)12-17(19)4/h5-8,11-13H,9-10H2,1-4H3,(H,23,25)(H,24,26). The zero-order valence-corrected chi connectivity index (χ0v) is 15.7. The highest BCUT2D eigenvalue weighted by atomic mass is 16.2. The molecule has 26 heavy (non-hydrogen) atoms. The Morgan fingerprint density at radius 2 is 1.50 bits per heavy atom. The van der Waals surface area contributed by atoms with Gasteiger partial charge in [0, 0.05) is 18.5 Å². The molecule has 0 aliphatic heterocycles. The first-order valence-corrected chi connectivity index (χ1v) is 8.61. The lowest BCUT2D eigenvalue weighted by Crippen LogP contribution is -2.21. The molecular formula is C21H25N3O2. The van der Waals surface area contributed by atoms with Crippen molar-refractivity contribution in [2.45, 2.75) is 40.5 Å². The van der Waals surface area contributed by atoms with E-state index in [0.717, 1.165) is 27.9 Å². The molecule has 0 fully saturated rings. The van der Waals surface area contributed by atoms with Crippen molar-refractivity contribution >= 4 is 23.7 Å². The summed E-state index contributed by atoms with van der Waals surface area (Å²) in [5.41, 5.74) is 8.60. The molecule has 0 heterocycles. The lowest BCUT2D eigenvalue weighted by molar-refractivity contribution is -0.124. The second-order valence-corrected chi connectivity index (χ2v) is 6.52. The van der Waals surface area contributed by atoms with E-state index in [1.807, 2.05) is 58.0 Å². The Morgan fingerprint density at radius 3 is 2.15 bits per heavy atom. The van der Waals surface area contributed by atoms with Crippen molar-refractivity contribution in [3.8, 4) is 0 Å². The highest BCUT2D eigenvalue weighted by Crippen LogP contribution is 2.16. The predicted molar refractivity (Wildman–Crippen MR) is 105 cm³/mol. The molecule has 0 aliphatic carbocycles. The molecule has 5 heteroatoms. The van der Waals surface area contributed by atoms with E-state index in [1.54, 1.807) is 6.21 Å². The van der Waals surface area contributed by atoms with Crippen molar-refractivity contribution in [1.29, 1.82) is 0 Å². The van der Waals surface area contributed by atoms with E-state index in [9.17, 15) is 9.59 Å².